The molecule has 7 nitrogen and oxygen atoms in total. The van der Waals surface area contributed by atoms with Gasteiger partial charge < -0.3 is 10.2 Å². The van der Waals surface area contributed by atoms with Crippen molar-refractivity contribution in [3.05, 3.63) is 69.5 Å². The highest BCUT2D eigenvalue weighted by atomic mass is 32.1. The van der Waals surface area contributed by atoms with Crippen LogP contribution in [0.25, 0.3) is 5.69 Å². The average Bonchev–Trinajstić information content (AvgIpc) is 3.04. The van der Waals surface area contributed by atoms with E-state index < -0.39 is 0 Å². The Bertz CT molecular complexity index is 1040. The van der Waals surface area contributed by atoms with Crippen LogP contribution in [0.5, 0.6) is 0 Å². The number of carbonyl (C=O) groups excluding carboxylic acids is 1. The Labute approximate surface area is 169 Å². The van der Waals surface area contributed by atoms with Crippen molar-refractivity contribution in [3.63, 3.8) is 0 Å². The topological polar surface area (TPSA) is 69.2 Å². The Balaban J connectivity index is 1.70. The second-order valence-electron chi connectivity index (χ2n) is 7.01. The van der Waals surface area contributed by atoms with Gasteiger partial charge in [-0.3, -0.25) is 4.79 Å². The molecule has 0 aliphatic rings. The zero-order valence-corrected chi connectivity index (χ0v) is 17.4. The van der Waals surface area contributed by atoms with Gasteiger partial charge in [-0.05, 0) is 71.9 Å². The zero-order chi connectivity index (χ0) is 20.3. The Morgan fingerprint density at radius 2 is 1.82 bits per heavy atom. The van der Waals surface area contributed by atoms with Crippen molar-refractivity contribution in [1.29, 1.82) is 0 Å². The summed E-state index contributed by atoms with van der Waals surface area (Å²) < 4.78 is 3.99. The summed E-state index contributed by atoms with van der Waals surface area (Å²) in [5.74, 6) is -0.0819. The van der Waals surface area contributed by atoms with E-state index >= 15 is 0 Å². The largest absolute Gasteiger partial charge is 0.355 e. The zero-order valence-electron chi connectivity index (χ0n) is 16.6. The van der Waals surface area contributed by atoms with Gasteiger partial charge in [0.25, 0.3) is 5.91 Å². The van der Waals surface area contributed by atoms with Gasteiger partial charge in [-0.2, -0.15) is 9.36 Å². The number of rotatable bonds is 6. The van der Waals surface area contributed by atoms with Crippen LogP contribution in [0.15, 0.2) is 42.5 Å². The summed E-state index contributed by atoms with van der Waals surface area (Å²) in [6.07, 6.45) is 0. The van der Waals surface area contributed by atoms with Gasteiger partial charge in [0.1, 0.15) is 6.54 Å². The normalized spacial score (nSPS) is 12.0. The molecule has 2 aromatic carbocycles. The lowest BCUT2D eigenvalue weighted by molar-refractivity contribution is -0.917. The van der Waals surface area contributed by atoms with Crippen LogP contribution in [0, 0.1) is 18.6 Å². The molecule has 1 atom stereocenters. The minimum Gasteiger partial charge on any atom is -0.355 e. The predicted molar refractivity (Wildman–Crippen MR) is 110 cm³/mol. The molecule has 1 heterocycles. The fraction of sp³-hybridized carbons (Fsp3) is 0.300. The fourth-order valence-electron chi connectivity index (χ4n) is 2.97. The van der Waals surface area contributed by atoms with E-state index in [0.29, 0.717) is 17.0 Å². The summed E-state index contributed by atoms with van der Waals surface area (Å²) in [5.41, 5.74) is 5.13. The fourth-order valence-corrected chi connectivity index (χ4v) is 3.21. The van der Waals surface area contributed by atoms with Crippen LogP contribution in [0.4, 0.5) is 0 Å². The number of nitrogens with zero attached hydrogens (tertiary/aromatic N) is 4. The number of tetrazole rings is 1. The van der Waals surface area contributed by atoms with Gasteiger partial charge in [-0.25, -0.2) is 0 Å². The van der Waals surface area contributed by atoms with Gasteiger partial charge in [-0.15, -0.1) is 0 Å². The van der Waals surface area contributed by atoms with E-state index in [9.17, 15) is 4.79 Å². The molecule has 0 aliphatic carbocycles. The molecule has 28 heavy (non-hydrogen) atoms. The molecule has 1 aromatic heterocycles. The second-order valence-corrected chi connectivity index (χ2v) is 7.37. The van der Waals surface area contributed by atoms with Crippen LogP contribution in [-0.4, -0.2) is 39.8 Å². The average molecular weight is 398 g/mol. The Morgan fingerprint density at radius 3 is 2.46 bits per heavy atom. The van der Waals surface area contributed by atoms with Gasteiger partial charge in [0.2, 0.25) is 4.77 Å². The lowest BCUT2D eigenvalue weighted by atomic mass is 10.1. The van der Waals surface area contributed by atoms with Gasteiger partial charge in [0.15, 0.2) is 6.67 Å². The monoisotopic (exact) mass is 397 g/mol. The Morgan fingerprint density at radius 1 is 1.11 bits per heavy atom. The summed E-state index contributed by atoms with van der Waals surface area (Å²) in [7, 11) is 3.70. The summed E-state index contributed by atoms with van der Waals surface area (Å²) >= 11 is 5.57. The molecule has 0 fully saturated rings. The van der Waals surface area contributed by atoms with E-state index in [2.05, 4.69) is 48.8 Å². The lowest BCUT2D eigenvalue weighted by Gasteiger charge is -2.13. The van der Waals surface area contributed by atoms with Gasteiger partial charge in [-0.1, -0.05) is 18.2 Å². The molecule has 1 unspecified atom stereocenters. The number of carbonyl (C=O) groups is 1. The van der Waals surface area contributed by atoms with E-state index in [4.69, 9.17) is 12.2 Å². The van der Waals surface area contributed by atoms with Crippen molar-refractivity contribution in [3.8, 4) is 5.69 Å². The summed E-state index contributed by atoms with van der Waals surface area (Å²) in [6, 6.07) is 13.7. The molecule has 146 valence electrons. The number of benzene rings is 2. The minimum absolute atomic E-state index is 0.0819. The molecule has 0 radical (unpaired) electrons. The van der Waals surface area contributed by atoms with Crippen LogP contribution >= 0.6 is 12.2 Å². The van der Waals surface area contributed by atoms with Crippen LogP contribution in [-0.2, 0) is 13.2 Å². The van der Waals surface area contributed by atoms with Crippen LogP contribution in [0.1, 0.15) is 27.0 Å². The Kier molecular flexibility index (Phi) is 6.01. The third-order valence-corrected chi connectivity index (χ3v) is 5.13. The van der Waals surface area contributed by atoms with Crippen molar-refractivity contribution in [2.45, 2.75) is 27.1 Å². The van der Waals surface area contributed by atoms with Crippen molar-refractivity contribution >= 4 is 18.1 Å². The molecule has 8 heteroatoms. The van der Waals surface area contributed by atoms with Crippen molar-refractivity contribution in [2.75, 3.05) is 14.1 Å². The van der Waals surface area contributed by atoms with Gasteiger partial charge >= 0.3 is 0 Å². The molecule has 1 amide bonds. The van der Waals surface area contributed by atoms with Crippen molar-refractivity contribution in [2.24, 2.45) is 0 Å². The molecule has 3 aromatic rings. The Hall–Kier alpha value is -2.84. The van der Waals surface area contributed by atoms with Crippen molar-refractivity contribution < 1.29 is 9.69 Å². The third-order valence-electron chi connectivity index (χ3n) is 4.74. The van der Waals surface area contributed by atoms with Crippen LogP contribution in [0.3, 0.4) is 0 Å². The first-order valence-electron chi connectivity index (χ1n) is 9.12. The number of amides is 1. The maximum Gasteiger partial charge on any atom is 0.251 e. The maximum absolute atomic E-state index is 11.6. The third kappa shape index (κ3) is 4.35. The summed E-state index contributed by atoms with van der Waals surface area (Å²) in [6.45, 7) is 5.53. The molecule has 0 saturated carbocycles. The molecular weight excluding hydrogens is 372 g/mol. The van der Waals surface area contributed by atoms with E-state index in [1.165, 1.54) is 16.0 Å². The number of hydrogen-bond acceptors (Lipinski definition) is 4. The minimum atomic E-state index is -0.0819. The summed E-state index contributed by atoms with van der Waals surface area (Å²) in [4.78, 5) is 12.8. The SMILES string of the molecule is CNC(=O)c1ccc(C[NH+](C)Cn2nnn(-c3ccc(C)c(C)c3)c2=S)cc1. The molecular formula is C20H25N6OS+. The number of aromatic nitrogens is 4. The molecule has 0 bridgehead atoms. The quantitative estimate of drug-likeness (QED) is 0.618. The van der Waals surface area contributed by atoms with E-state index in [0.717, 1.165) is 17.8 Å². The molecule has 0 saturated heterocycles. The molecule has 0 aliphatic heterocycles. The highest BCUT2D eigenvalue weighted by Crippen LogP contribution is 2.13. The first-order valence-corrected chi connectivity index (χ1v) is 9.52. The standard InChI is InChI=1S/C20H24N6OS/c1-14-5-10-18(11-15(14)2)26-20(28)25(22-23-26)13-24(4)12-16-6-8-17(9-7-16)19(27)21-3/h5-11H,12-13H2,1-4H3,(H,21,27)/p+1. The van der Waals surface area contributed by atoms with Crippen molar-refractivity contribution in [1.82, 2.24) is 25.1 Å². The maximum atomic E-state index is 11.6. The molecule has 3 rings (SSSR count). The summed E-state index contributed by atoms with van der Waals surface area (Å²) in [5, 5.41) is 11.1. The van der Waals surface area contributed by atoms with Crippen LogP contribution < -0.4 is 10.2 Å². The number of hydrogen-bond donors (Lipinski definition) is 2. The van der Waals surface area contributed by atoms with Crippen LogP contribution in [0.2, 0.25) is 0 Å². The van der Waals surface area contributed by atoms with E-state index in [1.54, 1.807) is 16.4 Å². The van der Waals surface area contributed by atoms with E-state index in [-0.39, 0.29) is 5.91 Å². The number of nitrogens with one attached hydrogen (secondary N) is 2. The van der Waals surface area contributed by atoms with Gasteiger partial charge in [0, 0.05) is 18.2 Å². The van der Waals surface area contributed by atoms with Gasteiger partial charge in [0.05, 0.1) is 12.7 Å². The predicted octanol–water partition coefficient (Wildman–Crippen LogP) is 1.45. The number of aryl methyl sites for hydroxylation is 2. The lowest BCUT2D eigenvalue weighted by Crippen LogP contribution is -3.07. The smallest absolute Gasteiger partial charge is 0.251 e. The highest BCUT2D eigenvalue weighted by Gasteiger charge is 2.12. The first-order chi connectivity index (χ1) is 13.4. The second kappa shape index (κ2) is 8.45. The molecule has 0 spiro atoms. The highest BCUT2D eigenvalue weighted by molar-refractivity contribution is 7.71. The molecule has 2 N–H and O–H groups in total. The van der Waals surface area contributed by atoms with E-state index in [1.807, 2.05) is 30.3 Å². The first kappa shape index (κ1) is 19.9. The number of quaternary nitrogens is 1.